The minimum Gasteiger partial charge on any atom is -0.393 e. The molecule has 0 amide bonds. The summed E-state index contributed by atoms with van der Waals surface area (Å²) >= 11 is 0. The molecule has 0 fully saturated rings. The van der Waals surface area contributed by atoms with Crippen molar-refractivity contribution in [3.63, 3.8) is 0 Å². The minimum atomic E-state index is -0.369. The van der Waals surface area contributed by atoms with Gasteiger partial charge in [0.25, 0.3) is 0 Å². The molecule has 0 aliphatic heterocycles. The molecule has 0 heterocycles. The molecule has 0 saturated heterocycles. The average molecular weight is 315 g/mol. The molecule has 0 saturated carbocycles. The van der Waals surface area contributed by atoms with Gasteiger partial charge in [0.2, 0.25) is 0 Å². The van der Waals surface area contributed by atoms with E-state index < -0.39 is 0 Å². The van der Waals surface area contributed by atoms with Crippen molar-refractivity contribution in [2.24, 2.45) is 5.41 Å². The lowest BCUT2D eigenvalue weighted by Gasteiger charge is -2.32. The number of hydrogen-bond acceptors (Lipinski definition) is 2. The van der Waals surface area contributed by atoms with Crippen LogP contribution in [0.5, 0.6) is 0 Å². The van der Waals surface area contributed by atoms with Crippen molar-refractivity contribution in [1.82, 2.24) is 0 Å². The van der Waals surface area contributed by atoms with E-state index in [0.29, 0.717) is 11.8 Å². The van der Waals surface area contributed by atoms with Crippen LogP contribution in [0.25, 0.3) is 0 Å². The fourth-order valence-corrected chi connectivity index (χ4v) is 3.22. The van der Waals surface area contributed by atoms with Crippen molar-refractivity contribution in [2.75, 3.05) is 0 Å². The zero-order valence-electron chi connectivity index (χ0n) is 15.9. The summed E-state index contributed by atoms with van der Waals surface area (Å²) in [5.41, 5.74) is 0.623. The van der Waals surface area contributed by atoms with Crippen LogP contribution in [-0.4, -0.2) is 22.4 Å². The van der Waals surface area contributed by atoms with Gasteiger partial charge in [0, 0.05) is 0 Å². The summed E-state index contributed by atoms with van der Waals surface area (Å²) in [5.74, 6) is 0. The van der Waals surface area contributed by atoms with E-state index in [4.69, 9.17) is 10.2 Å². The summed E-state index contributed by atoms with van der Waals surface area (Å²) in [5, 5.41) is 17.8. The normalized spacial score (nSPS) is 14.0. The lowest BCUT2D eigenvalue weighted by Crippen LogP contribution is -2.19. The third-order valence-corrected chi connectivity index (χ3v) is 4.42. The van der Waals surface area contributed by atoms with Crippen molar-refractivity contribution in [1.29, 1.82) is 0 Å². The highest BCUT2D eigenvalue weighted by atomic mass is 16.3. The number of aliphatic hydroxyl groups is 2. The molecule has 2 unspecified atom stereocenters. The molecule has 0 aromatic carbocycles. The molecule has 2 nitrogen and oxygen atoms in total. The van der Waals surface area contributed by atoms with Gasteiger partial charge in [-0.05, 0) is 50.9 Å². The highest BCUT2D eigenvalue weighted by Gasteiger charge is 2.24. The molecule has 0 rings (SSSR count). The summed E-state index contributed by atoms with van der Waals surface area (Å²) in [6.07, 6.45) is 13.0. The molecule has 0 aliphatic rings. The summed E-state index contributed by atoms with van der Waals surface area (Å²) in [7, 11) is 0. The topological polar surface area (TPSA) is 40.5 Å². The maximum Gasteiger partial charge on any atom is 0.0564 e. The molecule has 0 aromatic rings. The number of hydrogen-bond donors (Lipinski definition) is 2. The van der Waals surface area contributed by atoms with Crippen LogP contribution in [0.3, 0.4) is 0 Å². The van der Waals surface area contributed by atoms with Gasteiger partial charge >= 0.3 is 0 Å². The Morgan fingerprint density at radius 3 is 1.82 bits per heavy atom. The predicted octanol–water partition coefficient (Wildman–Crippen LogP) is 5.87. The smallest absolute Gasteiger partial charge is 0.0564 e. The second-order valence-electron chi connectivity index (χ2n) is 6.71. The van der Waals surface area contributed by atoms with E-state index in [1.165, 1.54) is 44.9 Å². The van der Waals surface area contributed by atoms with Gasteiger partial charge in [0.05, 0.1) is 12.2 Å². The van der Waals surface area contributed by atoms with E-state index >= 15 is 0 Å². The van der Waals surface area contributed by atoms with Crippen LogP contribution in [0.2, 0.25) is 0 Å². The van der Waals surface area contributed by atoms with E-state index in [2.05, 4.69) is 33.4 Å². The quantitative estimate of drug-likeness (QED) is 0.442. The standard InChI is InChI=1S/C13H26.C7H16O2/c1-5-9-12-13(8-4,10-6-2)11-7-3;1-3-4-7(9)5-6(2)8/h5H,1,6-12H2,2-4H3;6-9H,3-5H2,1-2H3. The third-order valence-electron chi connectivity index (χ3n) is 4.42. The van der Waals surface area contributed by atoms with Gasteiger partial charge < -0.3 is 10.2 Å². The molecular weight excluding hydrogens is 272 g/mol. The van der Waals surface area contributed by atoms with E-state index in [1.54, 1.807) is 6.92 Å². The first-order valence-corrected chi connectivity index (χ1v) is 9.38. The molecular formula is C20H42O2. The van der Waals surface area contributed by atoms with Crippen LogP contribution in [-0.2, 0) is 0 Å². The summed E-state index contributed by atoms with van der Waals surface area (Å²) < 4.78 is 0. The van der Waals surface area contributed by atoms with Gasteiger partial charge in [-0.1, -0.05) is 59.5 Å². The number of allylic oxidation sites excluding steroid dienone is 1. The molecule has 134 valence electrons. The lowest BCUT2D eigenvalue weighted by atomic mass is 9.73. The van der Waals surface area contributed by atoms with Crippen LogP contribution < -0.4 is 0 Å². The SMILES string of the molecule is C=CCCC(CC)(CCC)CCC.CCCC(O)CC(C)O. The largest absolute Gasteiger partial charge is 0.393 e. The van der Waals surface area contributed by atoms with Crippen LogP contribution in [0.15, 0.2) is 12.7 Å². The van der Waals surface area contributed by atoms with Gasteiger partial charge in [0.1, 0.15) is 0 Å². The molecule has 22 heavy (non-hydrogen) atoms. The number of rotatable bonds is 12. The van der Waals surface area contributed by atoms with E-state index in [1.807, 2.05) is 6.92 Å². The Balaban J connectivity index is 0. The molecule has 2 atom stereocenters. The summed E-state index contributed by atoms with van der Waals surface area (Å²) in [6, 6.07) is 0. The molecule has 0 aliphatic carbocycles. The van der Waals surface area contributed by atoms with Crippen molar-refractivity contribution < 1.29 is 10.2 Å². The molecule has 0 spiro atoms. The first-order valence-electron chi connectivity index (χ1n) is 9.38. The molecule has 0 aromatic heterocycles. The minimum absolute atomic E-state index is 0.310. The maximum absolute atomic E-state index is 9.06. The Hall–Kier alpha value is -0.340. The maximum atomic E-state index is 9.06. The van der Waals surface area contributed by atoms with Gasteiger partial charge in [0.15, 0.2) is 0 Å². The first-order chi connectivity index (χ1) is 10.4. The Labute approximate surface area is 140 Å². The lowest BCUT2D eigenvalue weighted by molar-refractivity contribution is 0.0848. The molecule has 0 radical (unpaired) electrons. The van der Waals surface area contributed by atoms with Crippen LogP contribution in [0.4, 0.5) is 0 Å². The Morgan fingerprint density at radius 2 is 1.50 bits per heavy atom. The molecule has 0 bridgehead atoms. The zero-order chi connectivity index (χ0) is 17.4. The zero-order valence-corrected chi connectivity index (χ0v) is 15.9. The highest BCUT2D eigenvalue weighted by molar-refractivity contribution is 4.81. The highest BCUT2D eigenvalue weighted by Crippen LogP contribution is 2.38. The second-order valence-corrected chi connectivity index (χ2v) is 6.71. The van der Waals surface area contributed by atoms with Gasteiger partial charge in [-0.2, -0.15) is 0 Å². The summed E-state index contributed by atoms with van der Waals surface area (Å²) in [6.45, 7) is 14.5. The van der Waals surface area contributed by atoms with E-state index in [0.717, 1.165) is 12.8 Å². The van der Waals surface area contributed by atoms with Crippen LogP contribution in [0.1, 0.15) is 98.8 Å². The Kier molecular flexibility index (Phi) is 16.9. The first kappa shape index (κ1) is 23.9. The van der Waals surface area contributed by atoms with Crippen LogP contribution >= 0.6 is 0 Å². The molecule has 2 heteroatoms. The van der Waals surface area contributed by atoms with Crippen molar-refractivity contribution in [3.8, 4) is 0 Å². The Bertz CT molecular complexity index is 230. The molecule has 2 N–H and O–H groups in total. The van der Waals surface area contributed by atoms with Crippen molar-refractivity contribution in [2.45, 2.75) is 111 Å². The van der Waals surface area contributed by atoms with Gasteiger partial charge in [-0.25, -0.2) is 0 Å². The summed E-state index contributed by atoms with van der Waals surface area (Å²) in [4.78, 5) is 0. The van der Waals surface area contributed by atoms with Crippen molar-refractivity contribution >= 4 is 0 Å². The van der Waals surface area contributed by atoms with Gasteiger partial charge in [-0.3, -0.25) is 0 Å². The average Bonchev–Trinajstić information content (AvgIpc) is 2.45. The fraction of sp³-hybridized carbons (Fsp3) is 0.900. The van der Waals surface area contributed by atoms with E-state index in [-0.39, 0.29) is 12.2 Å². The van der Waals surface area contributed by atoms with Gasteiger partial charge in [-0.15, -0.1) is 6.58 Å². The number of aliphatic hydroxyl groups excluding tert-OH is 2. The van der Waals surface area contributed by atoms with Crippen LogP contribution in [0, 0.1) is 5.41 Å². The fourth-order valence-electron chi connectivity index (χ4n) is 3.22. The monoisotopic (exact) mass is 314 g/mol. The third kappa shape index (κ3) is 13.3. The second kappa shape index (κ2) is 15.6. The van der Waals surface area contributed by atoms with Crippen molar-refractivity contribution in [3.05, 3.63) is 12.7 Å². The predicted molar refractivity (Wildman–Crippen MR) is 99.2 cm³/mol. The van der Waals surface area contributed by atoms with E-state index in [9.17, 15) is 0 Å². The Morgan fingerprint density at radius 1 is 0.955 bits per heavy atom.